The summed E-state index contributed by atoms with van der Waals surface area (Å²) in [6.45, 7) is 7.46. The predicted octanol–water partition coefficient (Wildman–Crippen LogP) is 3.52. The average Bonchev–Trinajstić information content (AvgIpc) is 3.04. The largest absolute Gasteiger partial charge is 0.504 e. The lowest BCUT2D eigenvalue weighted by Crippen LogP contribution is -2.10. The van der Waals surface area contributed by atoms with Gasteiger partial charge < -0.3 is 19.7 Å². The van der Waals surface area contributed by atoms with Crippen LogP contribution in [0, 0.1) is 0 Å². The molecule has 2 aliphatic rings. The molecular weight excluding hydrogens is 354 g/mol. The molecule has 0 amide bonds. The van der Waals surface area contributed by atoms with Gasteiger partial charge in [-0.3, -0.25) is 0 Å². The number of hydrogen-bond donors (Lipinski definition) is 2. The van der Waals surface area contributed by atoms with Gasteiger partial charge in [-0.25, -0.2) is 15.0 Å². The van der Waals surface area contributed by atoms with E-state index >= 15 is 0 Å². The first-order valence-corrected chi connectivity index (χ1v) is 8.36. The lowest BCUT2D eigenvalue weighted by molar-refractivity contribution is 0.373. The highest BCUT2D eigenvalue weighted by Gasteiger charge is 2.21. The van der Waals surface area contributed by atoms with Crippen LogP contribution >= 0.6 is 12.4 Å². The number of fused-ring (bicyclic) bond motifs is 1. The second-order valence-corrected chi connectivity index (χ2v) is 6.17. The van der Waals surface area contributed by atoms with Crippen molar-refractivity contribution in [1.82, 2.24) is 19.5 Å². The van der Waals surface area contributed by atoms with Gasteiger partial charge in [0.2, 0.25) is 0 Å². The highest BCUT2D eigenvalue weighted by atomic mass is 35.5. The summed E-state index contributed by atoms with van der Waals surface area (Å²) in [5.74, 6) is 3.13. The van der Waals surface area contributed by atoms with Gasteiger partial charge in [-0.15, -0.1) is 12.4 Å². The molecule has 3 rings (SSSR count). The summed E-state index contributed by atoms with van der Waals surface area (Å²) in [5.41, 5.74) is 1.70. The number of phenols is 1. The topological polar surface area (TPSA) is 85.1 Å². The van der Waals surface area contributed by atoms with Crippen LogP contribution in [0.4, 0.5) is 5.82 Å². The molecule has 2 aliphatic heterocycles. The third-order valence-corrected chi connectivity index (χ3v) is 3.94. The number of anilines is 1. The molecule has 0 aromatic heterocycles. The number of nitrogens with one attached hydrogen (secondary N) is 1. The average molecular weight is 378 g/mol. The van der Waals surface area contributed by atoms with Crippen LogP contribution in [0.15, 0.2) is 24.5 Å². The Hall–Kier alpha value is -2.54. The smallest absolute Gasteiger partial charge is 0.166 e. The van der Waals surface area contributed by atoms with E-state index in [1.165, 1.54) is 7.11 Å². The van der Waals surface area contributed by atoms with Crippen molar-refractivity contribution in [3.63, 3.8) is 0 Å². The molecule has 1 aromatic carbocycles. The Morgan fingerprint density at radius 3 is 2.65 bits per heavy atom. The minimum absolute atomic E-state index is 0. The molecule has 0 saturated heterocycles. The van der Waals surface area contributed by atoms with Gasteiger partial charge in [0.1, 0.15) is 5.82 Å². The maximum atomic E-state index is 9.99. The molecule has 0 bridgehead atoms. The minimum Gasteiger partial charge on any atom is -0.504 e. The Morgan fingerprint density at radius 1 is 1.27 bits per heavy atom. The number of phenolic OH excluding ortho intramolecular Hbond substituents is 1. The zero-order valence-electron chi connectivity index (χ0n) is 15.4. The van der Waals surface area contributed by atoms with E-state index in [1.807, 2.05) is 17.6 Å². The number of halogens is 1. The van der Waals surface area contributed by atoms with E-state index in [1.54, 1.807) is 18.5 Å². The molecular formula is C18H24ClN5O2. The van der Waals surface area contributed by atoms with E-state index in [0.717, 1.165) is 35.3 Å². The van der Waals surface area contributed by atoms with Crippen molar-refractivity contribution < 1.29 is 9.84 Å². The SMILES string of the molecule is CCNc1ncn(Cc2ccc(OC)c(O)c2)c2nc(C(C)C)nc1-2.Cl. The number of aromatic nitrogens is 4. The van der Waals surface area contributed by atoms with E-state index in [-0.39, 0.29) is 24.1 Å². The molecule has 0 radical (unpaired) electrons. The third-order valence-electron chi connectivity index (χ3n) is 3.94. The van der Waals surface area contributed by atoms with Crippen LogP contribution in [-0.4, -0.2) is 38.3 Å². The molecule has 2 N–H and O–H groups in total. The van der Waals surface area contributed by atoms with Crippen LogP contribution in [0.5, 0.6) is 11.5 Å². The van der Waals surface area contributed by atoms with Crippen LogP contribution < -0.4 is 10.1 Å². The Bertz CT molecular complexity index is 850. The van der Waals surface area contributed by atoms with E-state index in [2.05, 4.69) is 29.1 Å². The van der Waals surface area contributed by atoms with E-state index in [0.29, 0.717) is 12.3 Å². The van der Waals surface area contributed by atoms with E-state index in [4.69, 9.17) is 9.72 Å². The molecule has 1 aromatic rings. The maximum absolute atomic E-state index is 9.99. The Kier molecular flexibility index (Phi) is 6.26. The number of benzene rings is 1. The fraction of sp³-hybridized carbons (Fsp3) is 0.389. The third kappa shape index (κ3) is 3.83. The van der Waals surface area contributed by atoms with Gasteiger partial charge in [0, 0.05) is 12.5 Å². The summed E-state index contributed by atoms with van der Waals surface area (Å²) in [5, 5.41) is 13.2. The van der Waals surface area contributed by atoms with Crippen LogP contribution in [0.3, 0.4) is 0 Å². The van der Waals surface area contributed by atoms with Crippen molar-refractivity contribution in [2.75, 3.05) is 19.0 Å². The minimum atomic E-state index is 0. The molecule has 26 heavy (non-hydrogen) atoms. The maximum Gasteiger partial charge on any atom is 0.166 e. The number of hydrogen-bond acceptors (Lipinski definition) is 6. The zero-order valence-corrected chi connectivity index (χ0v) is 16.2. The van der Waals surface area contributed by atoms with Crippen LogP contribution in [0.1, 0.15) is 38.1 Å². The molecule has 140 valence electrons. The number of methoxy groups -OCH3 is 1. The number of ether oxygens (including phenoxy) is 1. The summed E-state index contributed by atoms with van der Waals surface area (Å²) in [6.07, 6.45) is 1.75. The van der Waals surface area contributed by atoms with Crippen molar-refractivity contribution in [2.45, 2.75) is 33.2 Å². The molecule has 7 nitrogen and oxygen atoms in total. The van der Waals surface area contributed by atoms with Gasteiger partial charge in [-0.1, -0.05) is 19.9 Å². The summed E-state index contributed by atoms with van der Waals surface area (Å²) in [6, 6.07) is 5.35. The number of rotatable bonds is 6. The summed E-state index contributed by atoms with van der Waals surface area (Å²) in [4.78, 5) is 13.8. The number of imidazole rings is 1. The summed E-state index contributed by atoms with van der Waals surface area (Å²) < 4.78 is 7.03. The fourth-order valence-corrected chi connectivity index (χ4v) is 2.65. The summed E-state index contributed by atoms with van der Waals surface area (Å²) in [7, 11) is 1.53. The van der Waals surface area contributed by atoms with Gasteiger partial charge in [0.25, 0.3) is 0 Å². The van der Waals surface area contributed by atoms with Crippen molar-refractivity contribution in [3.8, 4) is 23.0 Å². The van der Waals surface area contributed by atoms with Gasteiger partial charge in [0.05, 0.1) is 20.0 Å². The van der Waals surface area contributed by atoms with Crippen molar-refractivity contribution in [3.05, 3.63) is 35.9 Å². The van der Waals surface area contributed by atoms with Crippen molar-refractivity contribution in [2.24, 2.45) is 0 Å². The first-order valence-electron chi connectivity index (χ1n) is 8.36. The molecule has 0 saturated carbocycles. The molecule has 0 aliphatic carbocycles. The van der Waals surface area contributed by atoms with Crippen molar-refractivity contribution in [1.29, 1.82) is 0 Å². The van der Waals surface area contributed by atoms with Gasteiger partial charge in [0.15, 0.2) is 28.8 Å². The molecule has 0 unspecified atom stereocenters. The van der Waals surface area contributed by atoms with Crippen molar-refractivity contribution >= 4 is 18.2 Å². The van der Waals surface area contributed by atoms with Crippen LogP contribution in [0.25, 0.3) is 11.5 Å². The number of aromatic hydroxyl groups is 1. The van der Waals surface area contributed by atoms with Gasteiger partial charge in [-0.2, -0.15) is 0 Å². The van der Waals surface area contributed by atoms with Crippen LogP contribution in [0.2, 0.25) is 0 Å². The second-order valence-electron chi connectivity index (χ2n) is 6.17. The molecule has 0 spiro atoms. The highest BCUT2D eigenvalue weighted by molar-refractivity contribution is 5.85. The van der Waals surface area contributed by atoms with Gasteiger partial charge in [-0.05, 0) is 24.6 Å². The fourth-order valence-electron chi connectivity index (χ4n) is 2.65. The predicted molar refractivity (Wildman–Crippen MR) is 104 cm³/mol. The monoisotopic (exact) mass is 377 g/mol. The van der Waals surface area contributed by atoms with Gasteiger partial charge >= 0.3 is 0 Å². The quantitative estimate of drug-likeness (QED) is 0.683. The van der Waals surface area contributed by atoms with E-state index < -0.39 is 0 Å². The lowest BCUT2D eigenvalue weighted by atomic mass is 10.2. The highest BCUT2D eigenvalue weighted by Crippen LogP contribution is 2.30. The van der Waals surface area contributed by atoms with E-state index in [9.17, 15) is 5.11 Å². The normalized spacial score (nSPS) is 10.8. The first-order chi connectivity index (χ1) is 12.0. The number of nitrogens with zero attached hydrogens (tertiary/aromatic N) is 4. The Balaban J connectivity index is 0.00000243. The second kappa shape index (κ2) is 8.23. The first kappa shape index (κ1) is 19.8. The zero-order chi connectivity index (χ0) is 18.0. The standard InChI is InChI=1S/C18H23N5O2.ClH/c1-5-19-17-15-18(22-16(21-15)11(2)3)23(10-20-17)9-12-6-7-14(25-4)13(24)8-12;/h6-8,10-11,19,24H,5,9H2,1-4H3;1H. The molecule has 8 heteroatoms. The Morgan fingerprint density at radius 2 is 2.04 bits per heavy atom. The lowest BCUT2D eigenvalue weighted by Gasteiger charge is -2.14. The Labute approximate surface area is 159 Å². The molecule has 2 heterocycles. The van der Waals surface area contributed by atoms with Crippen LogP contribution in [-0.2, 0) is 6.54 Å². The molecule has 0 atom stereocenters. The molecule has 0 fully saturated rings. The summed E-state index contributed by atoms with van der Waals surface area (Å²) >= 11 is 0.